The normalized spacial score (nSPS) is 28.3. The average molecular weight is 290 g/mol. The van der Waals surface area contributed by atoms with Gasteiger partial charge in [-0.25, -0.2) is 4.98 Å². The number of carbonyl (C=O) groups excluding carboxylic acids is 2. The Morgan fingerprint density at radius 1 is 1.43 bits per heavy atom. The lowest BCUT2D eigenvalue weighted by Gasteiger charge is -2.30. The molecule has 1 N–H and O–H groups in total. The maximum Gasteiger partial charge on any atom is 0.289 e. The molecule has 2 atom stereocenters. The summed E-state index contributed by atoms with van der Waals surface area (Å²) in [6.45, 7) is 1.40. The summed E-state index contributed by atoms with van der Waals surface area (Å²) in [5, 5.41) is 2.78. The van der Waals surface area contributed by atoms with Gasteiger partial charge in [-0.2, -0.15) is 0 Å². The van der Waals surface area contributed by atoms with Crippen LogP contribution in [-0.2, 0) is 11.8 Å². The molecule has 3 rings (SSSR count). The first-order valence-corrected chi connectivity index (χ1v) is 7.55. The van der Waals surface area contributed by atoms with Gasteiger partial charge in [0.2, 0.25) is 5.91 Å². The third-order valence-corrected chi connectivity index (χ3v) is 5.15. The highest BCUT2D eigenvalue weighted by molar-refractivity contribution is 5.91. The number of nitrogens with one attached hydrogen (secondary N) is 1. The van der Waals surface area contributed by atoms with E-state index in [1.807, 2.05) is 11.9 Å². The van der Waals surface area contributed by atoms with Gasteiger partial charge in [0.05, 0.1) is 0 Å². The van der Waals surface area contributed by atoms with Crippen LogP contribution in [0.25, 0.3) is 0 Å². The SMILES string of the molecule is CNC(=O)[C@@H]1CCC[C@]12CCN(C(=O)c1nccn1C)C2. The molecule has 6 heteroatoms. The summed E-state index contributed by atoms with van der Waals surface area (Å²) in [5.41, 5.74) is -0.0269. The summed E-state index contributed by atoms with van der Waals surface area (Å²) < 4.78 is 1.75. The molecule has 2 heterocycles. The summed E-state index contributed by atoms with van der Waals surface area (Å²) in [4.78, 5) is 30.7. The lowest BCUT2D eigenvalue weighted by Crippen LogP contribution is -2.40. The lowest BCUT2D eigenvalue weighted by atomic mass is 9.76. The predicted molar refractivity (Wildman–Crippen MR) is 77.6 cm³/mol. The van der Waals surface area contributed by atoms with Crippen molar-refractivity contribution in [2.75, 3.05) is 20.1 Å². The minimum atomic E-state index is -0.0269. The van der Waals surface area contributed by atoms with Crippen LogP contribution in [0.1, 0.15) is 36.3 Å². The van der Waals surface area contributed by atoms with Crippen molar-refractivity contribution in [2.24, 2.45) is 18.4 Å². The third-order valence-electron chi connectivity index (χ3n) is 5.15. The molecule has 1 aliphatic carbocycles. The molecule has 2 fully saturated rings. The van der Waals surface area contributed by atoms with Gasteiger partial charge in [0.1, 0.15) is 0 Å². The number of aromatic nitrogens is 2. The fraction of sp³-hybridized carbons (Fsp3) is 0.667. The zero-order valence-corrected chi connectivity index (χ0v) is 12.6. The van der Waals surface area contributed by atoms with Crippen molar-refractivity contribution < 1.29 is 9.59 Å². The van der Waals surface area contributed by atoms with E-state index in [1.54, 1.807) is 24.0 Å². The van der Waals surface area contributed by atoms with Gasteiger partial charge in [0, 0.05) is 50.9 Å². The first-order chi connectivity index (χ1) is 10.1. The fourth-order valence-electron chi connectivity index (χ4n) is 3.99. The molecule has 0 bridgehead atoms. The Balaban J connectivity index is 1.77. The second-order valence-electron chi connectivity index (χ2n) is 6.26. The Bertz CT molecular complexity index is 568. The minimum Gasteiger partial charge on any atom is -0.359 e. The molecule has 1 saturated carbocycles. The molecule has 6 nitrogen and oxygen atoms in total. The number of imidazole rings is 1. The quantitative estimate of drug-likeness (QED) is 0.876. The van der Waals surface area contributed by atoms with Gasteiger partial charge in [0.25, 0.3) is 5.91 Å². The smallest absolute Gasteiger partial charge is 0.289 e. The molecule has 1 aliphatic heterocycles. The van der Waals surface area contributed by atoms with Crippen molar-refractivity contribution in [3.8, 4) is 0 Å². The molecule has 0 aromatic carbocycles. The van der Waals surface area contributed by atoms with Crippen molar-refractivity contribution >= 4 is 11.8 Å². The molecular formula is C15H22N4O2. The second-order valence-corrected chi connectivity index (χ2v) is 6.26. The summed E-state index contributed by atoms with van der Waals surface area (Å²) in [6, 6.07) is 0. The van der Waals surface area contributed by atoms with Crippen LogP contribution in [0.3, 0.4) is 0 Å². The van der Waals surface area contributed by atoms with Gasteiger partial charge in [0.15, 0.2) is 5.82 Å². The summed E-state index contributed by atoms with van der Waals surface area (Å²) in [5.74, 6) is 0.615. The second kappa shape index (κ2) is 5.16. The van der Waals surface area contributed by atoms with Crippen LogP contribution in [0, 0.1) is 11.3 Å². The number of rotatable bonds is 2. The van der Waals surface area contributed by atoms with Crippen LogP contribution < -0.4 is 5.32 Å². The Morgan fingerprint density at radius 2 is 2.24 bits per heavy atom. The van der Waals surface area contributed by atoms with Crippen molar-refractivity contribution in [1.29, 1.82) is 0 Å². The van der Waals surface area contributed by atoms with Crippen molar-refractivity contribution in [3.05, 3.63) is 18.2 Å². The molecule has 0 unspecified atom stereocenters. The highest BCUT2D eigenvalue weighted by Gasteiger charge is 2.51. The largest absolute Gasteiger partial charge is 0.359 e. The number of carbonyl (C=O) groups is 2. The lowest BCUT2D eigenvalue weighted by molar-refractivity contribution is -0.127. The monoisotopic (exact) mass is 290 g/mol. The van der Waals surface area contributed by atoms with Crippen molar-refractivity contribution in [2.45, 2.75) is 25.7 Å². The Labute approximate surface area is 124 Å². The molecular weight excluding hydrogens is 268 g/mol. The van der Waals surface area contributed by atoms with E-state index < -0.39 is 0 Å². The summed E-state index contributed by atoms with van der Waals surface area (Å²) in [7, 11) is 3.52. The van der Waals surface area contributed by atoms with Gasteiger partial charge in [-0.15, -0.1) is 0 Å². The van der Waals surface area contributed by atoms with Crippen LogP contribution in [0.5, 0.6) is 0 Å². The van der Waals surface area contributed by atoms with Gasteiger partial charge < -0.3 is 14.8 Å². The predicted octanol–water partition coefficient (Wildman–Crippen LogP) is 0.798. The highest BCUT2D eigenvalue weighted by Crippen LogP contribution is 2.49. The molecule has 2 amide bonds. The first-order valence-electron chi connectivity index (χ1n) is 7.55. The van der Waals surface area contributed by atoms with Crippen molar-refractivity contribution in [3.63, 3.8) is 0 Å². The Morgan fingerprint density at radius 3 is 2.90 bits per heavy atom. The molecule has 2 aliphatic rings. The zero-order valence-electron chi connectivity index (χ0n) is 12.6. The maximum absolute atomic E-state index is 12.6. The number of hydrogen-bond donors (Lipinski definition) is 1. The van der Waals surface area contributed by atoms with E-state index in [2.05, 4.69) is 10.3 Å². The van der Waals surface area contributed by atoms with Crippen molar-refractivity contribution in [1.82, 2.24) is 19.8 Å². The van der Waals surface area contributed by atoms with Crippen LogP contribution in [0.15, 0.2) is 12.4 Å². The number of likely N-dealkylation sites (tertiary alicyclic amines) is 1. The number of nitrogens with zero attached hydrogens (tertiary/aromatic N) is 3. The number of hydrogen-bond acceptors (Lipinski definition) is 3. The molecule has 1 aromatic heterocycles. The van der Waals surface area contributed by atoms with Crippen LogP contribution >= 0.6 is 0 Å². The van der Waals surface area contributed by atoms with E-state index in [9.17, 15) is 9.59 Å². The molecule has 114 valence electrons. The zero-order chi connectivity index (χ0) is 15.0. The molecule has 21 heavy (non-hydrogen) atoms. The van der Waals surface area contributed by atoms with Crippen LogP contribution in [-0.4, -0.2) is 46.4 Å². The van der Waals surface area contributed by atoms with E-state index in [1.165, 1.54) is 0 Å². The molecule has 1 aromatic rings. The average Bonchev–Trinajstić information content (AvgIpc) is 3.19. The van der Waals surface area contributed by atoms with Gasteiger partial charge in [-0.3, -0.25) is 9.59 Å². The van der Waals surface area contributed by atoms with E-state index >= 15 is 0 Å². The standard InChI is InChI=1S/C15H22N4O2/c1-16-13(20)11-4-3-5-15(11)6-8-19(10-15)14(21)12-17-7-9-18(12)2/h7,9,11H,3-6,8,10H2,1-2H3,(H,16,20)/t11-,15+/m0/s1. The molecule has 0 radical (unpaired) electrons. The van der Waals surface area contributed by atoms with Crippen LogP contribution in [0.4, 0.5) is 0 Å². The van der Waals surface area contributed by atoms with Gasteiger partial charge in [-0.05, 0) is 19.3 Å². The maximum atomic E-state index is 12.6. The summed E-state index contributed by atoms with van der Waals surface area (Å²) in [6.07, 6.45) is 7.38. The topological polar surface area (TPSA) is 67.2 Å². The third kappa shape index (κ3) is 2.22. The minimum absolute atomic E-state index is 0.0260. The van der Waals surface area contributed by atoms with E-state index in [4.69, 9.17) is 0 Å². The van der Waals surface area contributed by atoms with Gasteiger partial charge in [-0.1, -0.05) is 6.42 Å². The Hall–Kier alpha value is -1.85. The van der Waals surface area contributed by atoms with E-state index in [-0.39, 0.29) is 23.1 Å². The van der Waals surface area contributed by atoms with E-state index in [0.29, 0.717) is 12.4 Å². The highest BCUT2D eigenvalue weighted by atomic mass is 16.2. The van der Waals surface area contributed by atoms with E-state index in [0.717, 1.165) is 32.2 Å². The Kier molecular flexibility index (Phi) is 3.47. The fourth-order valence-corrected chi connectivity index (χ4v) is 3.99. The summed E-state index contributed by atoms with van der Waals surface area (Å²) >= 11 is 0. The molecule has 1 spiro atoms. The number of aryl methyl sites for hydroxylation is 1. The number of amides is 2. The van der Waals surface area contributed by atoms with Crippen LogP contribution in [0.2, 0.25) is 0 Å². The first kappa shape index (κ1) is 14.1. The molecule has 1 saturated heterocycles. The van der Waals surface area contributed by atoms with Gasteiger partial charge >= 0.3 is 0 Å².